The van der Waals surface area contributed by atoms with Crippen molar-refractivity contribution in [3.8, 4) is 0 Å². The molecule has 0 aromatic heterocycles. The molecular formula is C10H11F3N2. The number of halogens is 3. The Hall–Kier alpha value is -1.52. The third-order valence-corrected chi connectivity index (χ3v) is 1.81. The Bertz CT molecular complexity index is 352. The number of nitrogens with one attached hydrogen (secondary N) is 1. The summed E-state index contributed by atoms with van der Waals surface area (Å²) in [6.07, 6.45) is -4.38. The predicted molar refractivity (Wildman–Crippen MR) is 54.0 cm³/mol. The van der Waals surface area contributed by atoms with Crippen molar-refractivity contribution in [3.05, 3.63) is 29.8 Å². The standard InChI is InChI=1S/C10H11F3N2/c1-7-3-5-9(6-4-7)15-14-8(2)10(11,12)13/h3-6,15H,1-2H3/b14-8+. The van der Waals surface area contributed by atoms with E-state index in [1.165, 1.54) is 0 Å². The molecule has 1 aromatic carbocycles. The minimum atomic E-state index is -4.38. The van der Waals surface area contributed by atoms with Crippen molar-refractivity contribution in [2.75, 3.05) is 5.43 Å². The average molecular weight is 216 g/mol. The highest BCUT2D eigenvalue weighted by atomic mass is 19.4. The predicted octanol–water partition coefficient (Wildman–Crippen LogP) is 3.35. The normalized spacial score (nSPS) is 12.7. The summed E-state index contributed by atoms with van der Waals surface area (Å²) in [6, 6.07) is 6.92. The van der Waals surface area contributed by atoms with Gasteiger partial charge in [0.05, 0.1) is 5.69 Å². The third kappa shape index (κ3) is 3.61. The Balaban J connectivity index is 2.68. The second-order valence-electron chi connectivity index (χ2n) is 3.17. The third-order valence-electron chi connectivity index (χ3n) is 1.81. The van der Waals surface area contributed by atoms with Gasteiger partial charge in [0.25, 0.3) is 0 Å². The minimum Gasteiger partial charge on any atom is -0.278 e. The van der Waals surface area contributed by atoms with Gasteiger partial charge in [-0.05, 0) is 26.0 Å². The maximum atomic E-state index is 12.0. The molecule has 0 saturated heterocycles. The highest BCUT2D eigenvalue weighted by Crippen LogP contribution is 2.17. The summed E-state index contributed by atoms with van der Waals surface area (Å²) < 4.78 is 36.1. The van der Waals surface area contributed by atoms with E-state index in [9.17, 15) is 13.2 Å². The van der Waals surface area contributed by atoms with Crippen LogP contribution < -0.4 is 5.43 Å². The van der Waals surface area contributed by atoms with Crippen LogP contribution in [0.1, 0.15) is 12.5 Å². The smallest absolute Gasteiger partial charge is 0.278 e. The number of rotatable bonds is 2. The van der Waals surface area contributed by atoms with E-state index in [4.69, 9.17) is 0 Å². The number of hydrogen-bond donors (Lipinski definition) is 1. The summed E-state index contributed by atoms with van der Waals surface area (Å²) >= 11 is 0. The Morgan fingerprint density at radius 1 is 1.20 bits per heavy atom. The molecule has 0 saturated carbocycles. The van der Waals surface area contributed by atoms with Crippen molar-refractivity contribution in [3.63, 3.8) is 0 Å². The Kier molecular flexibility index (Phi) is 3.34. The molecule has 2 nitrogen and oxygen atoms in total. The van der Waals surface area contributed by atoms with Gasteiger partial charge in [-0.25, -0.2) is 0 Å². The molecule has 1 rings (SSSR count). The lowest BCUT2D eigenvalue weighted by Crippen LogP contribution is -2.20. The van der Waals surface area contributed by atoms with Crippen molar-refractivity contribution in [1.29, 1.82) is 0 Å². The number of benzene rings is 1. The van der Waals surface area contributed by atoms with Crippen LogP contribution >= 0.6 is 0 Å². The first kappa shape index (κ1) is 11.6. The van der Waals surface area contributed by atoms with Crippen LogP contribution in [0.15, 0.2) is 29.4 Å². The van der Waals surface area contributed by atoms with E-state index in [0.29, 0.717) is 5.69 Å². The van der Waals surface area contributed by atoms with Gasteiger partial charge in [0.15, 0.2) is 0 Å². The first-order valence-corrected chi connectivity index (χ1v) is 4.34. The van der Waals surface area contributed by atoms with Crippen LogP contribution in [0.4, 0.5) is 18.9 Å². The van der Waals surface area contributed by atoms with Crippen LogP contribution in [0.5, 0.6) is 0 Å². The quantitative estimate of drug-likeness (QED) is 0.595. The van der Waals surface area contributed by atoms with Gasteiger partial charge >= 0.3 is 6.18 Å². The van der Waals surface area contributed by atoms with Gasteiger partial charge in [-0.2, -0.15) is 18.3 Å². The minimum absolute atomic E-state index is 0.532. The zero-order valence-electron chi connectivity index (χ0n) is 8.39. The Morgan fingerprint density at radius 3 is 2.20 bits per heavy atom. The summed E-state index contributed by atoms with van der Waals surface area (Å²) in [5.41, 5.74) is 3.02. The molecule has 0 atom stereocenters. The topological polar surface area (TPSA) is 24.4 Å². The molecule has 0 aliphatic heterocycles. The molecule has 0 amide bonds. The van der Waals surface area contributed by atoms with Crippen LogP contribution in [0.3, 0.4) is 0 Å². The van der Waals surface area contributed by atoms with Crippen molar-refractivity contribution in [1.82, 2.24) is 0 Å². The molecule has 0 aliphatic carbocycles. The monoisotopic (exact) mass is 216 g/mol. The Morgan fingerprint density at radius 2 is 1.73 bits per heavy atom. The second-order valence-corrected chi connectivity index (χ2v) is 3.17. The van der Waals surface area contributed by atoms with Crippen molar-refractivity contribution < 1.29 is 13.2 Å². The van der Waals surface area contributed by atoms with Gasteiger partial charge in [-0.15, -0.1) is 0 Å². The van der Waals surface area contributed by atoms with Crippen LogP contribution in [0.2, 0.25) is 0 Å². The van der Waals surface area contributed by atoms with Gasteiger partial charge < -0.3 is 0 Å². The molecule has 0 bridgehead atoms. The molecule has 5 heteroatoms. The van der Waals surface area contributed by atoms with E-state index in [2.05, 4.69) is 10.5 Å². The molecule has 0 aliphatic rings. The van der Waals surface area contributed by atoms with Gasteiger partial charge in [-0.1, -0.05) is 17.7 Å². The maximum absolute atomic E-state index is 12.0. The fraction of sp³-hybridized carbons (Fsp3) is 0.300. The van der Waals surface area contributed by atoms with Crippen LogP contribution in [0, 0.1) is 6.92 Å². The fourth-order valence-electron chi connectivity index (χ4n) is 0.840. The van der Waals surface area contributed by atoms with E-state index in [-0.39, 0.29) is 0 Å². The highest BCUT2D eigenvalue weighted by molar-refractivity contribution is 5.87. The van der Waals surface area contributed by atoms with Crippen LogP contribution in [-0.2, 0) is 0 Å². The van der Waals surface area contributed by atoms with E-state index < -0.39 is 11.9 Å². The Labute approximate surface area is 85.8 Å². The van der Waals surface area contributed by atoms with Crippen molar-refractivity contribution >= 4 is 11.4 Å². The number of alkyl halides is 3. The maximum Gasteiger partial charge on any atom is 0.430 e. The molecule has 1 aromatic rings. The largest absolute Gasteiger partial charge is 0.430 e. The lowest BCUT2D eigenvalue weighted by molar-refractivity contribution is -0.0592. The van der Waals surface area contributed by atoms with E-state index in [0.717, 1.165) is 12.5 Å². The molecule has 82 valence electrons. The summed E-state index contributed by atoms with van der Waals surface area (Å²) in [5.74, 6) is 0. The first-order valence-electron chi connectivity index (χ1n) is 4.34. The molecule has 1 N–H and O–H groups in total. The van der Waals surface area contributed by atoms with Crippen LogP contribution in [0.25, 0.3) is 0 Å². The molecule has 15 heavy (non-hydrogen) atoms. The molecule has 0 fully saturated rings. The zero-order valence-corrected chi connectivity index (χ0v) is 8.39. The van der Waals surface area contributed by atoms with Crippen molar-refractivity contribution in [2.24, 2.45) is 5.10 Å². The molecular weight excluding hydrogens is 205 g/mol. The number of nitrogens with zero attached hydrogens (tertiary/aromatic N) is 1. The SMILES string of the molecule is C/C(=N\Nc1ccc(C)cc1)C(F)(F)F. The van der Waals surface area contributed by atoms with Gasteiger partial charge in [0.1, 0.15) is 5.71 Å². The van der Waals surface area contributed by atoms with Crippen molar-refractivity contribution in [2.45, 2.75) is 20.0 Å². The van der Waals surface area contributed by atoms with Gasteiger partial charge in [0.2, 0.25) is 0 Å². The molecule has 0 radical (unpaired) electrons. The highest BCUT2D eigenvalue weighted by Gasteiger charge is 2.32. The van der Waals surface area contributed by atoms with Crippen LogP contribution in [-0.4, -0.2) is 11.9 Å². The van der Waals surface area contributed by atoms with E-state index in [1.54, 1.807) is 24.3 Å². The lowest BCUT2D eigenvalue weighted by Gasteiger charge is -2.06. The lowest BCUT2D eigenvalue weighted by atomic mass is 10.2. The molecule has 0 unspecified atom stereocenters. The molecule has 0 spiro atoms. The van der Waals surface area contributed by atoms with Gasteiger partial charge in [0, 0.05) is 0 Å². The summed E-state index contributed by atoms with van der Waals surface area (Å²) in [6.45, 7) is 2.81. The first-order chi connectivity index (χ1) is 6.89. The van der Waals surface area contributed by atoms with E-state index >= 15 is 0 Å². The van der Waals surface area contributed by atoms with Gasteiger partial charge in [-0.3, -0.25) is 5.43 Å². The molecule has 0 heterocycles. The van der Waals surface area contributed by atoms with E-state index in [1.807, 2.05) is 6.92 Å². The number of aryl methyl sites for hydroxylation is 1. The summed E-state index contributed by atoms with van der Waals surface area (Å²) in [4.78, 5) is 0. The number of hydrogen-bond acceptors (Lipinski definition) is 2. The second kappa shape index (κ2) is 4.33. The fourth-order valence-corrected chi connectivity index (χ4v) is 0.840. The summed E-state index contributed by atoms with van der Waals surface area (Å²) in [5, 5.41) is 3.24. The number of anilines is 1. The number of hydrazone groups is 1. The zero-order chi connectivity index (χ0) is 11.5. The summed E-state index contributed by atoms with van der Waals surface area (Å²) in [7, 11) is 0. The average Bonchev–Trinajstić information content (AvgIpc) is 2.15.